The summed E-state index contributed by atoms with van der Waals surface area (Å²) in [5.74, 6) is -1.48. The fraction of sp³-hybridized carbons (Fsp3) is 0.423. The van der Waals surface area contributed by atoms with Gasteiger partial charge in [-0.05, 0) is 44.1 Å². The molecule has 0 aliphatic carbocycles. The Morgan fingerprint density at radius 3 is 2.55 bits per heavy atom. The number of rotatable bonds is 10. The van der Waals surface area contributed by atoms with E-state index < -0.39 is 37.2 Å². The predicted octanol–water partition coefficient (Wildman–Crippen LogP) is 5.27. The number of hydrogen-bond donors (Lipinski definition) is 3. The highest BCUT2D eigenvalue weighted by Crippen LogP contribution is 2.37. The molecule has 0 bridgehead atoms. The highest BCUT2D eigenvalue weighted by atomic mass is 35.5. The molecule has 1 fully saturated rings. The van der Waals surface area contributed by atoms with Gasteiger partial charge in [0.15, 0.2) is 0 Å². The number of hydrogen-bond acceptors (Lipinski definition) is 6. The van der Waals surface area contributed by atoms with E-state index in [4.69, 9.17) is 27.9 Å². The van der Waals surface area contributed by atoms with Crippen LogP contribution in [-0.2, 0) is 18.4 Å². The maximum absolute atomic E-state index is 12.8. The largest absolute Gasteiger partial charge is 0.487 e. The molecular weight excluding hydrogens is 610 g/mol. The van der Waals surface area contributed by atoms with Crippen molar-refractivity contribution in [2.24, 2.45) is 7.05 Å². The molecule has 1 atom stereocenters. The van der Waals surface area contributed by atoms with Gasteiger partial charge < -0.3 is 25.3 Å². The van der Waals surface area contributed by atoms with Crippen LogP contribution in [0, 0.1) is 0 Å². The molecule has 3 aromatic rings. The van der Waals surface area contributed by atoms with Crippen molar-refractivity contribution in [1.29, 1.82) is 0 Å². The van der Waals surface area contributed by atoms with Crippen LogP contribution in [-0.4, -0.2) is 71.7 Å². The molecule has 1 aliphatic rings. The van der Waals surface area contributed by atoms with Gasteiger partial charge >= 0.3 is 6.18 Å². The van der Waals surface area contributed by atoms with E-state index >= 15 is 0 Å². The van der Waals surface area contributed by atoms with E-state index in [1.165, 1.54) is 10.6 Å². The van der Waals surface area contributed by atoms with Crippen molar-refractivity contribution in [1.82, 2.24) is 25.1 Å². The summed E-state index contributed by atoms with van der Waals surface area (Å²) in [5.41, 5.74) is 0.892. The zero-order chi connectivity index (χ0) is 30.8. The second-order valence-corrected chi connectivity index (χ2v) is 10.5. The number of fused-ring (bicyclic) bond motifs is 1. The minimum Gasteiger partial charge on any atom is -0.487 e. The van der Waals surface area contributed by atoms with Crippen LogP contribution in [0.5, 0.6) is 5.75 Å². The first-order valence-electron chi connectivity index (χ1n) is 12.7. The van der Waals surface area contributed by atoms with Gasteiger partial charge in [-0.25, -0.2) is 13.8 Å². The number of alkyl halides is 5. The molecule has 1 aromatic heterocycles. The Labute approximate surface area is 247 Å². The Kier molecular flexibility index (Phi) is 9.68. The molecule has 3 N–H and O–H groups in total. The summed E-state index contributed by atoms with van der Waals surface area (Å²) in [5, 5.41) is 8.04. The average Bonchev–Trinajstić information content (AvgIpc) is 3.49. The van der Waals surface area contributed by atoms with Gasteiger partial charge in [0.05, 0.1) is 38.4 Å². The number of aryl methyl sites for hydroxylation is 1. The molecule has 1 unspecified atom stereocenters. The van der Waals surface area contributed by atoms with Crippen molar-refractivity contribution in [3.63, 3.8) is 0 Å². The number of nitrogens with one attached hydrogen (secondary N) is 3. The van der Waals surface area contributed by atoms with Crippen LogP contribution in [0.15, 0.2) is 24.3 Å². The number of aromatic nitrogens is 2. The maximum Gasteiger partial charge on any atom is 0.405 e. The van der Waals surface area contributed by atoms with Crippen LogP contribution in [0.2, 0.25) is 10.0 Å². The van der Waals surface area contributed by atoms with Crippen molar-refractivity contribution in [2.75, 3.05) is 32.1 Å². The third-order valence-corrected chi connectivity index (χ3v) is 7.47. The highest BCUT2D eigenvalue weighted by molar-refractivity contribution is 6.39. The van der Waals surface area contributed by atoms with Crippen molar-refractivity contribution < 1.29 is 36.3 Å². The van der Waals surface area contributed by atoms with Gasteiger partial charge in [0, 0.05) is 19.7 Å². The van der Waals surface area contributed by atoms with Gasteiger partial charge in [-0.2, -0.15) is 13.2 Å². The van der Waals surface area contributed by atoms with Crippen LogP contribution in [0.1, 0.15) is 28.8 Å². The van der Waals surface area contributed by atoms with Crippen molar-refractivity contribution in [3.8, 4) is 5.75 Å². The number of likely N-dealkylation sites (N-methyl/N-ethyl adjacent to an activating group) is 1. The SMILES string of the molecule is CN1CCCC1C(=O)NCc1ccc(Cl)c(Nc2nc3cc(C(=O)NCC(F)(F)F)c(OCC(F)F)cc3n2C)c1Cl. The Balaban J connectivity index is 1.61. The average molecular weight is 637 g/mol. The van der Waals surface area contributed by atoms with Crippen LogP contribution in [0.3, 0.4) is 0 Å². The van der Waals surface area contributed by atoms with Gasteiger partial charge in [-0.15, -0.1) is 0 Å². The van der Waals surface area contributed by atoms with Gasteiger partial charge in [0.25, 0.3) is 12.3 Å². The molecule has 1 saturated heterocycles. The Morgan fingerprint density at radius 1 is 1.17 bits per heavy atom. The molecule has 16 heteroatoms. The third-order valence-electron chi connectivity index (χ3n) is 6.73. The smallest absolute Gasteiger partial charge is 0.405 e. The van der Waals surface area contributed by atoms with E-state index in [1.807, 2.05) is 11.9 Å². The topological polar surface area (TPSA) is 101 Å². The minimum atomic E-state index is -4.69. The quantitative estimate of drug-likeness (QED) is 0.262. The molecule has 0 saturated carbocycles. The molecular formula is C26H27Cl2F5N6O3. The molecule has 2 heterocycles. The number of halogens is 7. The minimum absolute atomic E-state index is 0.120. The number of anilines is 2. The van der Waals surface area contributed by atoms with Crippen molar-refractivity contribution in [2.45, 2.75) is 38.0 Å². The van der Waals surface area contributed by atoms with E-state index in [0.717, 1.165) is 25.5 Å². The molecule has 2 aromatic carbocycles. The summed E-state index contributed by atoms with van der Waals surface area (Å²) in [6.07, 6.45) is -5.89. The number of amides is 2. The number of carbonyl (C=O) groups excluding carboxylic acids is 2. The first kappa shape index (κ1) is 31.6. The van der Waals surface area contributed by atoms with Gasteiger partial charge in [0.2, 0.25) is 11.9 Å². The molecule has 2 amide bonds. The Hall–Kier alpha value is -3.36. The second kappa shape index (κ2) is 12.9. The van der Waals surface area contributed by atoms with Crippen LogP contribution in [0.25, 0.3) is 11.0 Å². The Morgan fingerprint density at radius 2 is 1.90 bits per heavy atom. The van der Waals surface area contributed by atoms with Crippen molar-refractivity contribution >= 4 is 57.7 Å². The lowest BCUT2D eigenvalue weighted by atomic mass is 10.1. The molecule has 0 spiro atoms. The molecule has 42 heavy (non-hydrogen) atoms. The molecule has 0 radical (unpaired) electrons. The summed E-state index contributed by atoms with van der Waals surface area (Å²) in [6.45, 7) is -1.74. The number of imidazole rings is 1. The third kappa shape index (κ3) is 7.34. The molecule has 1 aliphatic heterocycles. The molecule has 228 valence electrons. The van der Waals surface area contributed by atoms with E-state index in [-0.39, 0.29) is 51.4 Å². The normalized spacial score (nSPS) is 15.8. The zero-order valence-corrected chi connectivity index (χ0v) is 23.9. The van der Waals surface area contributed by atoms with Gasteiger partial charge in [-0.3, -0.25) is 14.5 Å². The number of nitrogens with zero attached hydrogens (tertiary/aromatic N) is 3. The van der Waals surface area contributed by atoms with E-state index in [2.05, 4.69) is 15.6 Å². The van der Waals surface area contributed by atoms with Crippen LogP contribution >= 0.6 is 23.2 Å². The first-order valence-corrected chi connectivity index (χ1v) is 13.5. The number of carbonyl (C=O) groups is 2. The highest BCUT2D eigenvalue weighted by Gasteiger charge is 2.30. The summed E-state index contributed by atoms with van der Waals surface area (Å²) in [7, 11) is 3.46. The molecule has 4 rings (SSSR count). The zero-order valence-electron chi connectivity index (χ0n) is 22.4. The summed E-state index contributed by atoms with van der Waals surface area (Å²) < 4.78 is 70.2. The standard InChI is InChI=1S/C26H27Cl2F5N6O3/c1-38-7-3-4-17(38)24(41)34-10-13-5-6-15(27)22(21(13)28)37-25-36-16-8-14(23(40)35-12-26(31,32)33)19(42-11-20(29)30)9-18(16)39(25)2/h5-6,8-9,17,20H,3-4,7,10-12H2,1-2H3,(H,34,41)(H,35,40)(H,36,37). The monoisotopic (exact) mass is 636 g/mol. The van der Waals surface area contributed by atoms with E-state index in [0.29, 0.717) is 11.1 Å². The summed E-state index contributed by atoms with van der Waals surface area (Å²) in [6, 6.07) is 5.40. The van der Waals surface area contributed by atoms with Gasteiger partial charge in [-0.1, -0.05) is 29.3 Å². The number of likely N-dealkylation sites (tertiary alicyclic amines) is 1. The number of ether oxygens (including phenoxy) is 1. The lowest BCUT2D eigenvalue weighted by molar-refractivity contribution is -0.125. The first-order chi connectivity index (χ1) is 19.7. The Bertz CT molecular complexity index is 1480. The number of benzene rings is 2. The fourth-order valence-electron chi connectivity index (χ4n) is 4.56. The fourth-order valence-corrected chi connectivity index (χ4v) is 5.09. The lowest BCUT2D eigenvalue weighted by Crippen LogP contribution is -2.41. The van der Waals surface area contributed by atoms with Crippen LogP contribution in [0.4, 0.5) is 33.6 Å². The second-order valence-electron chi connectivity index (χ2n) is 9.71. The molecule has 9 nitrogen and oxygen atoms in total. The van der Waals surface area contributed by atoms with E-state index in [1.54, 1.807) is 24.5 Å². The van der Waals surface area contributed by atoms with Crippen LogP contribution < -0.4 is 20.7 Å². The lowest BCUT2D eigenvalue weighted by Gasteiger charge is -2.19. The van der Waals surface area contributed by atoms with Crippen molar-refractivity contribution in [3.05, 3.63) is 45.4 Å². The predicted molar refractivity (Wildman–Crippen MR) is 148 cm³/mol. The van der Waals surface area contributed by atoms with E-state index in [9.17, 15) is 31.5 Å². The van der Waals surface area contributed by atoms with Gasteiger partial charge in [0.1, 0.15) is 18.9 Å². The summed E-state index contributed by atoms with van der Waals surface area (Å²) >= 11 is 13.0. The summed E-state index contributed by atoms with van der Waals surface area (Å²) in [4.78, 5) is 31.5. The maximum atomic E-state index is 12.8.